The van der Waals surface area contributed by atoms with Gasteiger partial charge in [-0.3, -0.25) is 0 Å². The van der Waals surface area contributed by atoms with E-state index in [1.165, 1.54) is 0 Å². The van der Waals surface area contributed by atoms with Crippen LogP contribution in [-0.2, 0) is 0 Å². The summed E-state index contributed by atoms with van der Waals surface area (Å²) >= 11 is 12.2. The molecule has 1 atom stereocenters. The smallest absolute Gasteiger partial charge is 0.0992 e. The van der Waals surface area contributed by atoms with Gasteiger partial charge in [0.15, 0.2) is 0 Å². The Labute approximate surface area is 128 Å². The van der Waals surface area contributed by atoms with Crippen LogP contribution in [0.2, 0.25) is 10.0 Å². The largest absolute Gasteiger partial charge is 0.377 e. The summed E-state index contributed by atoms with van der Waals surface area (Å²) in [5.74, 6) is 0. The second-order valence-electron chi connectivity index (χ2n) is 4.47. The molecule has 4 heteroatoms. The topological polar surface area (TPSA) is 35.8 Å². The van der Waals surface area contributed by atoms with Gasteiger partial charge in [0.05, 0.1) is 28.4 Å². The van der Waals surface area contributed by atoms with E-state index in [0.717, 1.165) is 17.7 Å². The molecule has 0 fully saturated rings. The fourth-order valence-electron chi connectivity index (χ4n) is 2.04. The number of anilines is 1. The van der Waals surface area contributed by atoms with E-state index in [2.05, 4.69) is 18.3 Å². The third kappa shape index (κ3) is 3.45. The zero-order valence-electron chi connectivity index (χ0n) is 11.0. The monoisotopic (exact) mass is 304 g/mol. The zero-order valence-corrected chi connectivity index (χ0v) is 12.5. The molecule has 0 aliphatic rings. The first kappa shape index (κ1) is 14.7. The Morgan fingerprint density at radius 2 is 2.00 bits per heavy atom. The molecule has 1 N–H and O–H groups in total. The molecule has 0 saturated heterocycles. The molecule has 0 spiro atoms. The summed E-state index contributed by atoms with van der Waals surface area (Å²) < 4.78 is 0. The van der Waals surface area contributed by atoms with Gasteiger partial charge in [0.25, 0.3) is 0 Å². The first-order chi connectivity index (χ1) is 9.63. The van der Waals surface area contributed by atoms with Crippen molar-refractivity contribution in [3.05, 3.63) is 63.6 Å². The highest BCUT2D eigenvalue weighted by Crippen LogP contribution is 2.29. The van der Waals surface area contributed by atoms with Gasteiger partial charge in [-0.2, -0.15) is 5.26 Å². The Balaban J connectivity index is 2.29. The van der Waals surface area contributed by atoms with Gasteiger partial charge < -0.3 is 5.32 Å². The van der Waals surface area contributed by atoms with Crippen LogP contribution in [-0.4, -0.2) is 0 Å². The molecule has 102 valence electrons. The predicted molar refractivity (Wildman–Crippen MR) is 84.3 cm³/mol. The van der Waals surface area contributed by atoms with Crippen molar-refractivity contribution in [2.75, 3.05) is 5.32 Å². The van der Waals surface area contributed by atoms with Crippen LogP contribution in [0.3, 0.4) is 0 Å². The van der Waals surface area contributed by atoms with Crippen LogP contribution in [0.25, 0.3) is 0 Å². The van der Waals surface area contributed by atoms with Crippen LogP contribution in [0.4, 0.5) is 5.69 Å². The number of hydrogen-bond acceptors (Lipinski definition) is 2. The summed E-state index contributed by atoms with van der Waals surface area (Å²) in [5.41, 5.74) is 2.44. The Morgan fingerprint density at radius 1 is 1.20 bits per heavy atom. The Kier molecular flexibility index (Phi) is 4.89. The molecule has 2 aromatic carbocycles. The predicted octanol–water partition coefficient (Wildman–Crippen LogP) is 5.43. The van der Waals surface area contributed by atoms with Crippen molar-refractivity contribution >= 4 is 28.9 Å². The average Bonchev–Trinajstić information content (AvgIpc) is 2.46. The van der Waals surface area contributed by atoms with Crippen LogP contribution in [0, 0.1) is 11.3 Å². The number of halogens is 2. The lowest BCUT2D eigenvalue weighted by atomic mass is 10.0. The second kappa shape index (κ2) is 6.65. The van der Waals surface area contributed by atoms with Gasteiger partial charge in [0, 0.05) is 5.02 Å². The lowest BCUT2D eigenvalue weighted by Gasteiger charge is -2.20. The molecule has 2 nitrogen and oxygen atoms in total. The van der Waals surface area contributed by atoms with E-state index >= 15 is 0 Å². The van der Waals surface area contributed by atoms with E-state index < -0.39 is 0 Å². The summed E-state index contributed by atoms with van der Waals surface area (Å²) in [6, 6.07) is 15.1. The highest BCUT2D eigenvalue weighted by atomic mass is 35.5. The van der Waals surface area contributed by atoms with Gasteiger partial charge in [-0.15, -0.1) is 0 Å². The quantitative estimate of drug-likeness (QED) is 0.817. The Morgan fingerprint density at radius 3 is 2.65 bits per heavy atom. The fraction of sp³-hybridized carbons (Fsp3) is 0.188. The summed E-state index contributed by atoms with van der Waals surface area (Å²) in [6.07, 6.45) is 0.882. The van der Waals surface area contributed by atoms with Crippen molar-refractivity contribution in [2.24, 2.45) is 0 Å². The lowest BCUT2D eigenvalue weighted by molar-refractivity contribution is 0.749. The minimum absolute atomic E-state index is 0.0974. The van der Waals surface area contributed by atoms with E-state index in [9.17, 15) is 0 Å². The first-order valence-electron chi connectivity index (χ1n) is 6.35. The van der Waals surface area contributed by atoms with Crippen molar-refractivity contribution in [1.29, 1.82) is 5.26 Å². The van der Waals surface area contributed by atoms with Crippen LogP contribution >= 0.6 is 23.2 Å². The van der Waals surface area contributed by atoms with Crippen molar-refractivity contribution in [2.45, 2.75) is 19.4 Å². The molecule has 2 aromatic rings. The number of nitrogens with one attached hydrogen (secondary N) is 1. The average molecular weight is 305 g/mol. The standard InChI is InChI=1S/C16H14Cl2N2/c1-2-15(12-4-3-5-13(17)9-12)20-16-8-11(10-19)6-7-14(16)18/h3-9,15,20H,2H2,1H3. The first-order valence-corrected chi connectivity index (χ1v) is 7.11. The van der Waals surface area contributed by atoms with E-state index in [-0.39, 0.29) is 6.04 Å². The van der Waals surface area contributed by atoms with Gasteiger partial charge >= 0.3 is 0 Å². The molecular formula is C16H14Cl2N2. The molecule has 0 saturated carbocycles. The molecule has 0 aliphatic carbocycles. The molecule has 0 heterocycles. The number of nitrogens with zero attached hydrogens (tertiary/aromatic N) is 1. The lowest BCUT2D eigenvalue weighted by Crippen LogP contribution is -2.10. The van der Waals surface area contributed by atoms with Crippen LogP contribution in [0.5, 0.6) is 0 Å². The Bertz CT molecular complexity index is 647. The highest BCUT2D eigenvalue weighted by Gasteiger charge is 2.11. The highest BCUT2D eigenvalue weighted by molar-refractivity contribution is 6.33. The summed E-state index contributed by atoms with van der Waals surface area (Å²) in [7, 11) is 0. The van der Waals surface area contributed by atoms with Gasteiger partial charge in [0.2, 0.25) is 0 Å². The minimum atomic E-state index is 0.0974. The minimum Gasteiger partial charge on any atom is -0.377 e. The third-order valence-corrected chi connectivity index (χ3v) is 3.65. The normalized spacial score (nSPS) is 11.7. The molecule has 1 unspecified atom stereocenters. The molecule has 0 radical (unpaired) electrons. The van der Waals surface area contributed by atoms with E-state index in [0.29, 0.717) is 15.6 Å². The molecule has 2 rings (SSSR count). The summed E-state index contributed by atoms with van der Waals surface area (Å²) in [4.78, 5) is 0. The maximum atomic E-state index is 8.96. The maximum absolute atomic E-state index is 8.96. The number of benzene rings is 2. The van der Waals surface area contributed by atoms with E-state index in [1.54, 1.807) is 18.2 Å². The van der Waals surface area contributed by atoms with E-state index in [4.69, 9.17) is 28.5 Å². The van der Waals surface area contributed by atoms with Gasteiger partial charge in [-0.05, 0) is 42.3 Å². The van der Waals surface area contributed by atoms with Crippen molar-refractivity contribution in [3.8, 4) is 6.07 Å². The number of hydrogen-bond donors (Lipinski definition) is 1. The van der Waals surface area contributed by atoms with Gasteiger partial charge in [-0.1, -0.05) is 42.3 Å². The molecule has 0 aliphatic heterocycles. The summed E-state index contributed by atoms with van der Waals surface area (Å²) in [5, 5.41) is 13.6. The van der Waals surface area contributed by atoms with E-state index in [1.807, 2.05) is 24.3 Å². The van der Waals surface area contributed by atoms with Crippen LogP contribution in [0.15, 0.2) is 42.5 Å². The second-order valence-corrected chi connectivity index (χ2v) is 5.31. The van der Waals surface area contributed by atoms with Gasteiger partial charge in [-0.25, -0.2) is 0 Å². The Hall–Kier alpha value is -1.69. The van der Waals surface area contributed by atoms with Crippen molar-refractivity contribution in [1.82, 2.24) is 0 Å². The zero-order chi connectivity index (χ0) is 14.5. The van der Waals surface area contributed by atoms with Crippen LogP contribution in [0.1, 0.15) is 30.5 Å². The molecule has 0 bridgehead atoms. The third-order valence-electron chi connectivity index (χ3n) is 3.08. The van der Waals surface area contributed by atoms with Crippen molar-refractivity contribution in [3.63, 3.8) is 0 Å². The molecule has 0 amide bonds. The number of rotatable bonds is 4. The maximum Gasteiger partial charge on any atom is 0.0992 e. The molecule has 0 aromatic heterocycles. The molecular weight excluding hydrogens is 291 g/mol. The molecule has 20 heavy (non-hydrogen) atoms. The fourth-order valence-corrected chi connectivity index (χ4v) is 2.41. The van der Waals surface area contributed by atoms with Gasteiger partial charge in [0.1, 0.15) is 0 Å². The summed E-state index contributed by atoms with van der Waals surface area (Å²) in [6.45, 7) is 2.08. The van der Waals surface area contributed by atoms with Crippen LogP contribution < -0.4 is 5.32 Å². The van der Waals surface area contributed by atoms with Crippen molar-refractivity contribution < 1.29 is 0 Å². The number of nitriles is 1. The SMILES string of the molecule is CCC(Nc1cc(C#N)ccc1Cl)c1cccc(Cl)c1.